The van der Waals surface area contributed by atoms with Crippen LogP contribution in [-0.2, 0) is 4.74 Å². The van der Waals surface area contributed by atoms with E-state index in [0.717, 1.165) is 37.4 Å². The van der Waals surface area contributed by atoms with Crippen LogP contribution in [0.5, 0.6) is 0 Å². The van der Waals surface area contributed by atoms with Crippen LogP contribution >= 0.6 is 0 Å². The molecular weight excluding hydrogens is 254 g/mol. The number of aromatic nitrogens is 1. The molecule has 3 rings (SSSR count). The molecule has 1 amide bonds. The second-order valence-electron chi connectivity index (χ2n) is 5.80. The number of nitrogens with zero attached hydrogens (tertiary/aromatic N) is 3. The molecule has 2 aliphatic heterocycles. The van der Waals surface area contributed by atoms with E-state index in [1.165, 1.54) is 0 Å². The fourth-order valence-corrected chi connectivity index (χ4v) is 2.91. The first-order valence-electron chi connectivity index (χ1n) is 7.27. The summed E-state index contributed by atoms with van der Waals surface area (Å²) in [6.07, 6.45) is 1.92. The SMILES string of the molecule is C[C@@H]1CN(c2cccc(C3CCN(C)CC3)n2)C(=O)O1. The van der Waals surface area contributed by atoms with Crippen LogP contribution in [0.2, 0.25) is 0 Å². The number of hydrogen-bond donors (Lipinski definition) is 0. The molecule has 2 saturated heterocycles. The summed E-state index contributed by atoms with van der Waals surface area (Å²) in [5.74, 6) is 1.22. The first-order chi connectivity index (χ1) is 9.63. The molecule has 5 heteroatoms. The number of carbonyl (C=O) groups excluding carboxylic acids is 1. The van der Waals surface area contributed by atoms with Gasteiger partial charge < -0.3 is 9.64 Å². The highest BCUT2D eigenvalue weighted by Crippen LogP contribution is 2.28. The molecule has 20 heavy (non-hydrogen) atoms. The van der Waals surface area contributed by atoms with Crippen LogP contribution in [0.15, 0.2) is 18.2 Å². The zero-order valence-corrected chi connectivity index (χ0v) is 12.1. The van der Waals surface area contributed by atoms with Crippen LogP contribution in [0.3, 0.4) is 0 Å². The Labute approximate surface area is 119 Å². The summed E-state index contributed by atoms with van der Waals surface area (Å²) < 4.78 is 5.17. The van der Waals surface area contributed by atoms with Gasteiger partial charge in [0.1, 0.15) is 11.9 Å². The molecule has 0 spiro atoms. The van der Waals surface area contributed by atoms with Crippen molar-refractivity contribution < 1.29 is 9.53 Å². The summed E-state index contributed by atoms with van der Waals surface area (Å²) in [7, 11) is 2.15. The Kier molecular flexibility index (Phi) is 3.61. The van der Waals surface area contributed by atoms with Crippen molar-refractivity contribution >= 4 is 11.9 Å². The van der Waals surface area contributed by atoms with Crippen molar-refractivity contribution in [2.75, 3.05) is 31.6 Å². The van der Waals surface area contributed by atoms with E-state index >= 15 is 0 Å². The normalized spacial score (nSPS) is 25.0. The maximum atomic E-state index is 11.8. The van der Waals surface area contributed by atoms with E-state index in [4.69, 9.17) is 9.72 Å². The average Bonchev–Trinajstić information content (AvgIpc) is 2.79. The van der Waals surface area contributed by atoms with Gasteiger partial charge in [-0.1, -0.05) is 6.07 Å². The molecule has 2 aliphatic rings. The minimum atomic E-state index is -0.287. The van der Waals surface area contributed by atoms with Gasteiger partial charge in [-0.25, -0.2) is 9.78 Å². The largest absolute Gasteiger partial charge is 0.444 e. The van der Waals surface area contributed by atoms with Crippen LogP contribution in [0, 0.1) is 0 Å². The fraction of sp³-hybridized carbons (Fsp3) is 0.600. The number of piperidine rings is 1. The van der Waals surface area contributed by atoms with E-state index in [1.54, 1.807) is 4.90 Å². The smallest absolute Gasteiger partial charge is 0.415 e. The molecule has 5 nitrogen and oxygen atoms in total. The Morgan fingerprint density at radius 3 is 2.70 bits per heavy atom. The average molecular weight is 275 g/mol. The van der Waals surface area contributed by atoms with E-state index in [0.29, 0.717) is 12.5 Å². The lowest BCUT2D eigenvalue weighted by Crippen LogP contribution is -2.30. The number of cyclic esters (lactones) is 1. The lowest BCUT2D eigenvalue weighted by molar-refractivity contribution is 0.150. The molecule has 2 fully saturated rings. The number of ether oxygens (including phenoxy) is 1. The highest BCUT2D eigenvalue weighted by atomic mass is 16.6. The minimum Gasteiger partial charge on any atom is -0.444 e. The van der Waals surface area contributed by atoms with Gasteiger partial charge in [-0.3, -0.25) is 4.90 Å². The number of carbonyl (C=O) groups is 1. The summed E-state index contributed by atoms with van der Waals surface area (Å²) in [6.45, 7) is 4.71. The van der Waals surface area contributed by atoms with Gasteiger partial charge in [-0.2, -0.15) is 0 Å². The predicted molar refractivity (Wildman–Crippen MR) is 77.0 cm³/mol. The predicted octanol–water partition coefficient (Wildman–Crippen LogP) is 2.24. The molecule has 1 aromatic heterocycles. The molecule has 3 heterocycles. The number of hydrogen-bond acceptors (Lipinski definition) is 4. The molecule has 0 saturated carbocycles. The van der Waals surface area contributed by atoms with E-state index in [1.807, 2.05) is 19.1 Å². The van der Waals surface area contributed by atoms with Crippen molar-refractivity contribution in [3.05, 3.63) is 23.9 Å². The number of pyridine rings is 1. The zero-order valence-electron chi connectivity index (χ0n) is 12.1. The zero-order chi connectivity index (χ0) is 14.1. The van der Waals surface area contributed by atoms with Crippen LogP contribution in [0.4, 0.5) is 10.6 Å². The standard InChI is InChI=1S/C15H21N3O2/c1-11-10-18(15(19)20-11)14-5-3-4-13(16-14)12-6-8-17(2)9-7-12/h3-5,11-12H,6-10H2,1-2H3/t11-/m1/s1. The first kappa shape index (κ1) is 13.4. The second-order valence-corrected chi connectivity index (χ2v) is 5.80. The summed E-state index contributed by atoms with van der Waals surface area (Å²) in [5.41, 5.74) is 1.10. The molecule has 1 atom stereocenters. The van der Waals surface area contributed by atoms with Gasteiger partial charge >= 0.3 is 6.09 Å². The van der Waals surface area contributed by atoms with Crippen molar-refractivity contribution in [2.45, 2.75) is 31.8 Å². The van der Waals surface area contributed by atoms with Gasteiger partial charge in [0.25, 0.3) is 0 Å². The van der Waals surface area contributed by atoms with Crippen molar-refractivity contribution in [1.29, 1.82) is 0 Å². The molecule has 0 bridgehead atoms. The Bertz CT molecular complexity index is 498. The fourth-order valence-electron chi connectivity index (χ4n) is 2.91. The lowest BCUT2D eigenvalue weighted by atomic mass is 9.93. The maximum absolute atomic E-state index is 11.8. The number of anilines is 1. The minimum absolute atomic E-state index is 0.0590. The summed E-state index contributed by atoms with van der Waals surface area (Å²) in [4.78, 5) is 20.4. The second kappa shape index (κ2) is 5.40. The van der Waals surface area contributed by atoms with Gasteiger partial charge in [-0.05, 0) is 52.0 Å². The van der Waals surface area contributed by atoms with Crippen LogP contribution < -0.4 is 4.90 Å². The number of rotatable bonds is 2. The highest BCUT2D eigenvalue weighted by molar-refractivity contribution is 5.88. The molecular formula is C15H21N3O2. The van der Waals surface area contributed by atoms with Crippen LogP contribution in [0.25, 0.3) is 0 Å². The van der Waals surface area contributed by atoms with Crippen molar-refractivity contribution in [2.24, 2.45) is 0 Å². The first-order valence-corrected chi connectivity index (χ1v) is 7.27. The number of likely N-dealkylation sites (tertiary alicyclic amines) is 1. The molecule has 0 N–H and O–H groups in total. The monoisotopic (exact) mass is 275 g/mol. The Morgan fingerprint density at radius 1 is 1.30 bits per heavy atom. The van der Waals surface area contributed by atoms with Crippen molar-refractivity contribution in [1.82, 2.24) is 9.88 Å². The van der Waals surface area contributed by atoms with Gasteiger partial charge in [0.15, 0.2) is 0 Å². The Morgan fingerprint density at radius 2 is 2.05 bits per heavy atom. The lowest BCUT2D eigenvalue weighted by Gasteiger charge is -2.28. The summed E-state index contributed by atoms with van der Waals surface area (Å²) in [5, 5.41) is 0. The van der Waals surface area contributed by atoms with Gasteiger partial charge in [0.2, 0.25) is 0 Å². The van der Waals surface area contributed by atoms with Crippen LogP contribution in [0.1, 0.15) is 31.4 Å². The molecule has 1 aromatic rings. The molecule has 0 radical (unpaired) electrons. The Balaban J connectivity index is 1.78. The van der Waals surface area contributed by atoms with Gasteiger partial charge in [0.05, 0.1) is 6.54 Å². The molecule has 108 valence electrons. The van der Waals surface area contributed by atoms with E-state index in [9.17, 15) is 4.79 Å². The third-order valence-corrected chi connectivity index (χ3v) is 4.13. The third-order valence-electron chi connectivity index (χ3n) is 4.13. The van der Waals surface area contributed by atoms with Crippen molar-refractivity contribution in [3.8, 4) is 0 Å². The van der Waals surface area contributed by atoms with Gasteiger partial charge in [-0.15, -0.1) is 0 Å². The molecule has 0 unspecified atom stereocenters. The summed E-state index contributed by atoms with van der Waals surface area (Å²) in [6, 6.07) is 5.95. The number of amides is 1. The van der Waals surface area contributed by atoms with Gasteiger partial charge in [0, 0.05) is 11.6 Å². The quantitative estimate of drug-likeness (QED) is 0.830. The highest BCUT2D eigenvalue weighted by Gasteiger charge is 2.30. The third kappa shape index (κ3) is 2.63. The van der Waals surface area contributed by atoms with E-state index in [2.05, 4.69) is 18.0 Å². The van der Waals surface area contributed by atoms with Crippen LogP contribution in [-0.4, -0.2) is 48.8 Å². The molecule has 0 aliphatic carbocycles. The van der Waals surface area contributed by atoms with Crippen molar-refractivity contribution in [3.63, 3.8) is 0 Å². The topological polar surface area (TPSA) is 45.7 Å². The Hall–Kier alpha value is -1.62. The summed E-state index contributed by atoms with van der Waals surface area (Å²) >= 11 is 0. The van der Waals surface area contributed by atoms with E-state index in [-0.39, 0.29) is 12.2 Å². The molecule has 0 aromatic carbocycles. The maximum Gasteiger partial charge on any atom is 0.415 e. The van der Waals surface area contributed by atoms with E-state index < -0.39 is 0 Å².